The fraction of sp³-hybridized carbons (Fsp3) is 0.562. The van der Waals surface area contributed by atoms with Crippen LogP contribution in [0.15, 0.2) is 16.8 Å². The minimum atomic E-state index is -0.0862. The molecule has 0 N–H and O–H groups in total. The van der Waals surface area contributed by atoms with Crippen LogP contribution >= 0.6 is 11.6 Å². The number of likely N-dealkylation sites (tertiary alicyclic amines) is 1. The van der Waals surface area contributed by atoms with E-state index in [9.17, 15) is 4.79 Å². The smallest absolute Gasteiger partial charge is 0.274 e. The first-order valence-electron chi connectivity index (χ1n) is 8.13. The van der Waals surface area contributed by atoms with Gasteiger partial charge < -0.3 is 9.42 Å². The molecule has 0 radical (unpaired) electrons. The molecule has 1 amide bonds. The number of amides is 1. The predicted octanol–water partition coefficient (Wildman–Crippen LogP) is 3.47. The summed E-state index contributed by atoms with van der Waals surface area (Å²) in [7, 11) is 0. The van der Waals surface area contributed by atoms with Crippen LogP contribution < -0.4 is 0 Å². The normalized spacial score (nSPS) is 17.9. The first-order valence-corrected chi connectivity index (χ1v) is 8.51. The Kier molecular flexibility index (Phi) is 4.71. The zero-order valence-corrected chi connectivity index (χ0v) is 14.2. The Morgan fingerprint density at radius 2 is 2.30 bits per heavy atom. The van der Waals surface area contributed by atoms with Gasteiger partial charge in [-0.2, -0.15) is 5.10 Å². The molecule has 124 valence electrons. The first-order chi connectivity index (χ1) is 11.2. The van der Waals surface area contributed by atoms with E-state index in [1.807, 2.05) is 17.9 Å². The molecule has 6 nitrogen and oxygen atoms in total. The molecular weight excluding hydrogens is 316 g/mol. The second-order valence-corrected chi connectivity index (χ2v) is 6.19. The molecule has 1 fully saturated rings. The molecule has 2 aromatic heterocycles. The van der Waals surface area contributed by atoms with Crippen LogP contribution in [-0.2, 0) is 13.0 Å². The van der Waals surface area contributed by atoms with Gasteiger partial charge in [-0.25, -0.2) is 0 Å². The van der Waals surface area contributed by atoms with E-state index in [1.165, 1.54) is 6.20 Å². The summed E-state index contributed by atoms with van der Waals surface area (Å²) in [5, 5.41) is 8.73. The van der Waals surface area contributed by atoms with Gasteiger partial charge in [0.25, 0.3) is 5.91 Å². The van der Waals surface area contributed by atoms with Crippen molar-refractivity contribution in [3.63, 3.8) is 0 Å². The number of aromatic nitrogens is 3. The molecule has 0 bridgehead atoms. The Bertz CT molecular complexity index is 694. The lowest BCUT2D eigenvalue weighted by atomic mass is 10.1. The number of hydrogen-bond acceptors (Lipinski definition) is 4. The molecular formula is C16H21ClN4O2. The second kappa shape index (κ2) is 6.74. The van der Waals surface area contributed by atoms with Gasteiger partial charge in [0.1, 0.15) is 17.1 Å². The summed E-state index contributed by atoms with van der Waals surface area (Å²) >= 11 is 6.17. The lowest BCUT2D eigenvalue weighted by molar-refractivity contribution is 0.0718. The molecule has 2 aromatic rings. The summed E-state index contributed by atoms with van der Waals surface area (Å²) in [6.07, 6.45) is 5.24. The average molecular weight is 337 g/mol. The number of rotatable bonds is 5. The summed E-state index contributed by atoms with van der Waals surface area (Å²) in [4.78, 5) is 14.8. The zero-order valence-electron chi connectivity index (χ0n) is 13.5. The molecule has 1 unspecified atom stereocenters. The number of carbonyl (C=O) groups excluding carboxylic acids is 1. The summed E-state index contributed by atoms with van der Waals surface area (Å²) in [5.41, 5.74) is 1.29. The van der Waals surface area contributed by atoms with Gasteiger partial charge in [0, 0.05) is 25.6 Å². The topological polar surface area (TPSA) is 64.2 Å². The summed E-state index contributed by atoms with van der Waals surface area (Å²) in [6.45, 7) is 5.35. The molecule has 1 aliphatic rings. The molecule has 0 spiro atoms. The fourth-order valence-electron chi connectivity index (χ4n) is 3.12. The molecule has 3 rings (SSSR count). The van der Waals surface area contributed by atoms with Gasteiger partial charge in [-0.15, -0.1) is 0 Å². The molecule has 7 heteroatoms. The number of halogens is 1. The van der Waals surface area contributed by atoms with Crippen LogP contribution in [0.2, 0.25) is 5.02 Å². The van der Waals surface area contributed by atoms with Crippen LogP contribution in [0.1, 0.15) is 61.1 Å². The Hall–Kier alpha value is -1.82. The summed E-state index contributed by atoms with van der Waals surface area (Å²) < 4.78 is 7.02. The van der Waals surface area contributed by atoms with Crippen LogP contribution in [0.4, 0.5) is 0 Å². The summed E-state index contributed by atoms with van der Waals surface area (Å²) in [5.74, 6) is 0.787. The highest BCUT2D eigenvalue weighted by Gasteiger charge is 2.35. The maximum absolute atomic E-state index is 12.9. The minimum absolute atomic E-state index is 0.0480. The van der Waals surface area contributed by atoms with Crippen LogP contribution in [0.3, 0.4) is 0 Å². The molecule has 0 aromatic carbocycles. The number of carbonyl (C=O) groups is 1. The van der Waals surface area contributed by atoms with E-state index < -0.39 is 0 Å². The number of nitrogens with zero attached hydrogens (tertiary/aromatic N) is 4. The molecule has 1 saturated heterocycles. The van der Waals surface area contributed by atoms with Gasteiger partial charge in [0.15, 0.2) is 0 Å². The quantitative estimate of drug-likeness (QED) is 0.838. The fourth-order valence-corrected chi connectivity index (χ4v) is 3.34. The molecule has 3 heterocycles. The summed E-state index contributed by atoms with van der Waals surface area (Å²) in [6, 6.07) is 1.92. The maximum Gasteiger partial charge on any atom is 0.274 e. The second-order valence-electron chi connectivity index (χ2n) is 5.78. The van der Waals surface area contributed by atoms with Crippen LogP contribution in [0.5, 0.6) is 0 Å². The third-order valence-electron chi connectivity index (χ3n) is 4.23. The number of aryl methyl sites for hydroxylation is 2. The van der Waals surface area contributed by atoms with Gasteiger partial charge >= 0.3 is 0 Å². The SMILES string of the molecule is CCCc1cc(C2CCCN2C(=O)c2c(Cl)cnn2CC)no1. The van der Waals surface area contributed by atoms with Crippen molar-refractivity contribution in [3.8, 4) is 0 Å². The van der Waals surface area contributed by atoms with Crippen molar-refractivity contribution >= 4 is 17.5 Å². The largest absolute Gasteiger partial charge is 0.361 e. The minimum Gasteiger partial charge on any atom is -0.361 e. The van der Waals surface area contributed by atoms with Crippen molar-refractivity contribution in [3.05, 3.63) is 34.4 Å². The highest BCUT2D eigenvalue weighted by Crippen LogP contribution is 2.34. The van der Waals surface area contributed by atoms with Gasteiger partial charge in [-0.1, -0.05) is 23.7 Å². The average Bonchev–Trinajstić information content (AvgIpc) is 3.25. The van der Waals surface area contributed by atoms with Crippen LogP contribution in [0, 0.1) is 0 Å². The highest BCUT2D eigenvalue weighted by atomic mass is 35.5. The Morgan fingerprint density at radius 1 is 1.48 bits per heavy atom. The van der Waals surface area contributed by atoms with Gasteiger partial charge in [-0.05, 0) is 26.2 Å². The van der Waals surface area contributed by atoms with Crippen molar-refractivity contribution in [2.45, 2.75) is 52.1 Å². The Morgan fingerprint density at radius 3 is 3.04 bits per heavy atom. The predicted molar refractivity (Wildman–Crippen MR) is 86.4 cm³/mol. The van der Waals surface area contributed by atoms with E-state index in [-0.39, 0.29) is 11.9 Å². The Labute approximate surface area is 140 Å². The molecule has 0 saturated carbocycles. The third-order valence-corrected chi connectivity index (χ3v) is 4.50. The van der Waals surface area contributed by atoms with Crippen LogP contribution in [0.25, 0.3) is 0 Å². The van der Waals surface area contributed by atoms with E-state index in [0.717, 1.165) is 37.1 Å². The first kappa shape index (κ1) is 16.1. The Balaban J connectivity index is 1.85. The lowest BCUT2D eigenvalue weighted by Crippen LogP contribution is -2.32. The molecule has 0 aliphatic carbocycles. The van der Waals surface area contributed by atoms with Crippen molar-refractivity contribution in [2.75, 3.05) is 6.54 Å². The van der Waals surface area contributed by atoms with Crippen LogP contribution in [-0.4, -0.2) is 32.3 Å². The van der Waals surface area contributed by atoms with Gasteiger partial charge in [0.05, 0.1) is 17.3 Å². The van der Waals surface area contributed by atoms with Gasteiger partial charge in [-0.3, -0.25) is 9.48 Å². The van der Waals surface area contributed by atoms with Crippen molar-refractivity contribution in [1.29, 1.82) is 0 Å². The monoisotopic (exact) mass is 336 g/mol. The highest BCUT2D eigenvalue weighted by molar-refractivity contribution is 6.33. The molecule has 23 heavy (non-hydrogen) atoms. The van der Waals surface area contributed by atoms with E-state index in [0.29, 0.717) is 23.8 Å². The van der Waals surface area contributed by atoms with E-state index in [2.05, 4.69) is 17.2 Å². The molecule has 1 atom stereocenters. The van der Waals surface area contributed by atoms with Crippen molar-refractivity contribution < 1.29 is 9.32 Å². The zero-order chi connectivity index (χ0) is 16.4. The van der Waals surface area contributed by atoms with E-state index in [4.69, 9.17) is 16.1 Å². The maximum atomic E-state index is 12.9. The van der Waals surface area contributed by atoms with E-state index in [1.54, 1.807) is 4.68 Å². The standard InChI is InChI=1S/C16H21ClN4O2/c1-3-6-11-9-13(19-23-11)14-7-5-8-20(14)16(22)15-12(17)10-18-21(15)4-2/h9-10,14H,3-8H2,1-2H3. The van der Waals surface area contributed by atoms with Crippen molar-refractivity contribution in [1.82, 2.24) is 19.8 Å². The number of hydrogen-bond donors (Lipinski definition) is 0. The van der Waals surface area contributed by atoms with Crippen molar-refractivity contribution in [2.24, 2.45) is 0 Å². The molecule has 1 aliphatic heterocycles. The lowest BCUT2D eigenvalue weighted by Gasteiger charge is -2.23. The van der Waals surface area contributed by atoms with Gasteiger partial charge in [0.2, 0.25) is 0 Å². The third kappa shape index (κ3) is 3.00. The van der Waals surface area contributed by atoms with E-state index >= 15 is 0 Å².